The number of ether oxygens (including phenoxy) is 5. The molecule has 3 aliphatic carbocycles. The molecule has 1 unspecified atom stereocenters. The van der Waals surface area contributed by atoms with Crippen molar-refractivity contribution in [2.75, 3.05) is 6.61 Å². The molecule has 14 nitrogen and oxygen atoms in total. The molecular formula is C47H49ClFNO13. The van der Waals surface area contributed by atoms with Gasteiger partial charge < -0.3 is 39.2 Å². The quantitative estimate of drug-likeness (QED) is 0.0973. The van der Waals surface area contributed by atoms with Gasteiger partial charge >= 0.3 is 23.9 Å². The average molecular weight is 890 g/mol. The van der Waals surface area contributed by atoms with Gasteiger partial charge in [0, 0.05) is 37.2 Å². The largest absolute Gasteiger partial charge is 0.458 e. The molecule has 0 aromatic heterocycles. The van der Waals surface area contributed by atoms with Crippen molar-refractivity contribution in [1.82, 2.24) is 5.32 Å². The molecule has 1 heterocycles. The van der Waals surface area contributed by atoms with Crippen molar-refractivity contribution in [2.45, 2.75) is 107 Å². The maximum Gasteiger partial charge on any atom is 0.356 e. The third-order valence-electron chi connectivity index (χ3n) is 13.6. The Bertz CT molecular complexity index is 2310. The van der Waals surface area contributed by atoms with Crippen molar-refractivity contribution in [3.05, 3.63) is 119 Å². The monoisotopic (exact) mass is 889 g/mol. The number of carbonyl (C=O) groups is 6. The van der Waals surface area contributed by atoms with Gasteiger partial charge in [0.05, 0.1) is 29.5 Å². The number of benzene rings is 3. The van der Waals surface area contributed by atoms with E-state index in [1.165, 1.54) is 19.1 Å². The number of amides is 1. The lowest BCUT2D eigenvalue weighted by molar-refractivity contribution is -0.345. The number of nitrogens with one attached hydrogen (secondary N) is 1. The van der Waals surface area contributed by atoms with E-state index in [0.717, 1.165) is 6.92 Å². The second kappa shape index (κ2) is 17.2. The summed E-state index contributed by atoms with van der Waals surface area (Å²) in [5.41, 5.74) is -8.88. The van der Waals surface area contributed by atoms with Crippen molar-refractivity contribution in [3.8, 4) is 0 Å². The Morgan fingerprint density at radius 3 is 2.02 bits per heavy atom. The summed E-state index contributed by atoms with van der Waals surface area (Å²) >= 11 is 5.52. The van der Waals surface area contributed by atoms with Crippen LogP contribution in [0.3, 0.4) is 0 Å². The number of ketones is 1. The van der Waals surface area contributed by atoms with Crippen LogP contribution in [0.4, 0.5) is 4.39 Å². The van der Waals surface area contributed by atoms with Crippen molar-refractivity contribution >= 4 is 47.2 Å². The Hall–Kier alpha value is -5.48. The number of esters is 4. The highest BCUT2D eigenvalue weighted by Gasteiger charge is 2.77. The Balaban J connectivity index is 1.35. The fourth-order valence-corrected chi connectivity index (χ4v) is 10.2. The summed E-state index contributed by atoms with van der Waals surface area (Å²) in [7, 11) is 0. The number of alkyl halides is 2. The molecule has 1 aliphatic heterocycles. The molecule has 11 atom stereocenters. The molecular weight excluding hydrogens is 841 g/mol. The second-order valence-electron chi connectivity index (χ2n) is 17.4. The van der Waals surface area contributed by atoms with Crippen molar-refractivity contribution < 1.29 is 67.1 Å². The van der Waals surface area contributed by atoms with E-state index in [9.17, 15) is 38.6 Å². The molecule has 1 amide bonds. The highest BCUT2D eigenvalue weighted by atomic mass is 35.5. The molecule has 3 fully saturated rings. The first-order chi connectivity index (χ1) is 29.8. The first kappa shape index (κ1) is 45.5. The highest BCUT2D eigenvalue weighted by molar-refractivity contribution is 6.28. The van der Waals surface area contributed by atoms with E-state index in [1.807, 2.05) is 0 Å². The predicted molar refractivity (Wildman–Crippen MR) is 221 cm³/mol. The van der Waals surface area contributed by atoms with Crippen LogP contribution in [0.15, 0.2) is 102 Å². The van der Waals surface area contributed by atoms with Crippen LogP contribution in [0.25, 0.3) is 0 Å². The van der Waals surface area contributed by atoms with Crippen LogP contribution in [-0.4, -0.2) is 99.7 Å². The van der Waals surface area contributed by atoms with Crippen LogP contribution >= 0.6 is 11.6 Å². The van der Waals surface area contributed by atoms with Gasteiger partial charge in [0.1, 0.15) is 35.8 Å². The zero-order valence-corrected chi connectivity index (χ0v) is 36.0. The molecule has 0 radical (unpaired) electrons. The van der Waals surface area contributed by atoms with Gasteiger partial charge in [-0.2, -0.15) is 0 Å². The molecule has 334 valence electrons. The Kier molecular flexibility index (Phi) is 12.5. The molecule has 63 heavy (non-hydrogen) atoms. The topological polar surface area (TPSA) is 201 Å². The van der Waals surface area contributed by atoms with Crippen LogP contribution in [0.2, 0.25) is 0 Å². The number of aliphatic hydroxyl groups is 2. The number of Topliss-reactive ketones (excluding diaryl/α,β-unsaturated/α-hetero) is 1. The lowest BCUT2D eigenvalue weighted by Gasteiger charge is -2.67. The molecule has 2 saturated carbocycles. The maximum atomic E-state index is 15.3. The van der Waals surface area contributed by atoms with Gasteiger partial charge in [-0.1, -0.05) is 97.8 Å². The predicted octanol–water partition coefficient (Wildman–Crippen LogP) is 5.28. The standard InChI is InChI=1S/C47H49ClFNO13/c1-25-30-21-32(52)45(5)33(61-43(57)39(48)49)22-34-46(24-59-34,63-26(2)51)37(45)38(62-41(55)29-19-13-8-14-20-29)47(58,44(30,3)4)23-31(25)60-42(56)36(53)35(27-15-9-6-10-16-27)50-40(54)28-17-11-7-12-18-28/h6-20,31,33-39,53,58H,21-24H2,1-5H3,(H,50,54)/t31-,33-,34+,35-,36+,37-,38-,39?,45+,46-,47+/m0/s1. The minimum Gasteiger partial charge on any atom is -0.458 e. The van der Waals surface area contributed by atoms with Crippen LogP contribution < -0.4 is 5.32 Å². The normalized spacial score (nSPS) is 30.9. The zero-order chi connectivity index (χ0) is 45.6. The van der Waals surface area contributed by atoms with E-state index in [-0.39, 0.29) is 29.7 Å². The fourth-order valence-electron chi connectivity index (χ4n) is 10.1. The highest BCUT2D eigenvalue weighted by Crippen LogP contribution is 2.64. The number of hydrogen-bond acceptors (Lipinski definition) is 13. The number of rotatable bonds is 11. The molecule has 3 N–H and O–H groups in total. The first-order valence-corrected chi connectivity index (χ1v) is 21.0. The molecule has 1 saturated heterocycles. The summed E-state index contributed by atoms with van der Waals surface area (Å²) in [5.74, 6) is -7.19. The second-order valence-corrected chi connectivity index (χ2v) is 17.8. The summed E-state index contributed by atoms with van der Waals surface area (Å²) in [4.78, 5) is 83.1. The maximum absolute atomic E-state index is 15.3. The number of hydrogen-bond donors (Lipinski definition) is 3. The third kappa shape index (κ3) is 7.93. The van der Waals surface area contributed by atoms with Gasteiger partial charge in [-0.3, -0.25) is 14.4 Å². The molecule has 7 rings (SSSR count). The van der Waals surface area contributed by atoms with Crippen molar-refractivity contribution in [1.29, 1.82) is 0 Å². The van der Waals surface area contributed by atoms with Gasteiger partial charge in [0.2, 0.25) is 0 Å². The Morgan fingerprint density at radius 2 is 1.46 bits per heavy atom. The van der Waals surface area contributed by atoms with Crippen molar-refractivity contribution in [2.24, 2.45) is 16.7 Å². The number of fused-ring (bicyclic) bond motifs is 5. The molecule has 3 aromatic rings. The molecule has 3 aromatic carbocycles. The number of aliphatic hydroxyl groups excluding tert-OH is 1. The van der Waals surface area contributed by atoms with Crippen LogP contribution in [-0.2, 0) is 42.9 Å². The molecule has 4 aliphatic rings. The van der Waals surface area contributed by atoms with Gasteiger partial charge in [0.25, 0.3) is 11.5 Å². The van der Waals surface area contributed by atoms with Crippen molar-refractivity contribution in [3.63, 3.8) is 0 Å². The van der Waals surface area contributed by atoms with E-state index in [4.69, 9.17) is 35.3 Å². The van der Waals surface area contributed by atoms with E-state index >= 15 is 4.79 Å². The SMILES string of the molecule is CC(=O)O[C@@]12CO[C@@H]1C[C@H](OC(=O)C(F)Cl)[C@@]1(C)C(=O)CC3=C(C)[C@@H](OC(=O)[C@H](O)[C@@H](NC(=O)c4ccccc4)c4ccccc4)C[C@@](O)([C@@H](OC(=O)c4ccccc4)[C@H]21)C3(C)C. The fraction of sp³-hybridized carbons (Fsp3) is 0.447. The van der Waals surface area contributed by atoms with E-state index in [1.54, 1.807) is 99.6 Å². The summed E-state index contributed by atoms with van der Waals surface area (Å²) < 4.78 is 44.4. The average Bonchev–Trinajstić information content (AvgIpc) is 3.25. The van der Waals surface area contributed by atoms with Gasteiger partial charge in [-0.15, -0.1) is 0 Å². The third-order valence-corrected chi connectivity index (χ3v) is 13.8. The molecule has 16 heteroatoms. The first-order valence-electron chi connectivity index (χ1n) is 20.6. The van der Waals surface area contributed by atoms with Crippen LogP contribution in [0, 0.1) is 16.7 Å². The van der Waals surface area contributed by atoms with Gasteiger partial charge in [0.15, 0.2) is 11.7 Å². The Labute approximate surface area is 368 Å². The summed E-state index contributed by atoms with van der Waals surface area (Å²) in [6.07, 6.45) is -9.05. The summed E-state index contributed by atoms with van der Waals surface area (Å²) in [6.45, 7) is 7.11. The number of halogens is 2. The Morgan fingerprint density at radius 1 is 0.873 bits per heavy atom. The molecule has 2 bridgehead atoms. The number of carbonyl (C=O) groups excluding carboxylic acids is 6. The van der Waals surface area contributed by atoms with Gasteiger partial charge in [-0.05, 0) is 49.2 Å². The lowest BCUT2D eigenvalue weighted by atomic mass is 9.45. The van der Waals surface area contributed by atoms with Crippen LogP contribution in [0.5, 0.6) is 0 Å². The van der Waals surface area contributed by atoms with E-state index in [0.29, 0.717) is 11.1 Å². The van der Waals surface area contributed by atoms with E-state index in [2.05, 4.69) is 5.32 Å². The summed E-state index contributed by atoms with van der Waals surface area (Å²) in [6, 6.07) is 22.9. The molecule has 0 spiro atoms. The van der Waals surface area contributed by atoms with Crippen LogP contribution in [0.1, 0.15) is 86.2 Å². The van der Waals surface area contributed by atoms with E-state index < -0.39 is 119 Å². The minimum absolute atomic E-state index is 0.0523. The van der Waals surface area contributed by atoms with Gasteiger partial charge in [-0.25, -0.2) is 18.8 Å². The lowest BCUT2D eigenvalue weighted by Crippen LogP contribution is -2.81. The summed E-state index contributed by atoms with van der Waals surface area (Å²) in [5, 5.41) is 28.1. The zero-order valence-electron chi connectivity index (χ0n) is 35.2. The smallest absolute Gasteiger partial charge is 0.356 e. The minimum atomic E-state index is -2.61.